The molecule has 1 aliphatic heterocycles. The van der Waals surface area contributed by atoms with Crippen molar-refractivity contribution in [1.82, 2.24) is 20.3 Å². The maximum Gasteiger partial charge on any atom is 0.276 e. The Balaban J connectivity index is 2.19. The number of rotatable bonds is 2. The SMILES string of the molecule is Nc1nc2c([C@]3(N)N[C@H](CO)[C@@H](O)[C@H]3O)c[nH]c2c(=O)[nH]1. The first kappa shape index (κ1) is 14.0. The van der Waals surface area contributed by atoms with Gasteiger partial charge in [-0.1, -0.05) is 0 Å². The van der Waals surface area contributed by atoms with E-state index in [-0.39, 0.29) is 22.5 Å². The van der Waals surface area contributed by atoms with E-state index in [2.05, 4.69) is 20.3 Å². The highest BCUT2D eigenvalue weighted by atomic mass is 16.3. The summed E-state index contributed by atoms with van der Waals surface area (Å²) in [6.07, 6.45) is -1.24. The molecule has 114 valence electrons. The molecule has 0 spiro atoms. The fraction of sp³-hybridized carbons (Fsp3) is 0.455. The van der Waals surface area contributed by atoms with Crippen molar-refractivity contribution in [2.75, 3.05) is 12.3 Å². The molecule has 0 radical (unpaired) electrons. The Labute approximate surface area is 117 Å². The van der Waals surface area contributed by atoms with Gasteiger partial charge in [-0.15, -0.1) is 0 Å². The Bertz CT molecular complexity index is 742. The average Bonchev–Trinajstić information content (AvgIpc) is 2.95. The van der Waals surface area contributed by atoms with E-state index in [0.29, 0.717) is 0 Å². The number of nitrogen functional groups attached to an aromatic ring is 1. The third kappa shape index (κ3) is 1.85. The van der Waals surface area contributed by atoms with Gasteiger partial charge in [0.15, 0.2) is 0 Å². The number of aliphatic hydroxyl groups is 3. The highest BCUT2D eigenvalue weighted by molar-refractivity contribution is 5.80. The summed E-state index contributed by atoms with van der Waals surface area (Å²) in [6, 6.07) is -0.797. The molecule has 0 bridgehead atoms. The molecule has 10 heteroatoms. The number of nitrogens with two attached hydrogens (primary N) is 2. The second-order valence-electron chi connectivity index (χ2n) is 5.11. The first-order valence-electron chi connectivity index (χ1n) is 6.29. The standard InChI is InChI=1S/C11H16N6O4/c12-10-15-5-3(1-14-6(5)9(21)16-10)11(13)8(20)7(19)4(2-18)17-11/h1,4,7-8,14,17-20H,2,13H2,(H3,12,15,16,21)/t4-,7-,8-,11+/m1/s1. The second kappa shape index (κ2) is 4.51. The highest BCUT2D eigenvalue weighted by Crippen LogP contribution is 2.32. The minimum Gasteiger partial charge on any atom is -0.395 e. The van der Waals surface area contributed by atoms with Crippen molar-refractivity contribution < 1.29 is 15.3 Å². The Hall–Kier alpha value is -1.98. The molecular weight excluding hydrogens is 280 g/mol. The summed E-state index contributed by atoms with van der Waals surface area (Å²) in [5.41, 5.74) is 10.2. The number of aromatic amines is 2. The number of nitrogens with zero attached hydrogens (tertiary/aromatic N) is 1. The van der Waals surface area contributed by atoms with Gasteiger partial charge in [0.2, 0.25) is 5.95 Å². The molecule has 0 aliphatic carbocycles. The van der Waals surface area contributed by atoms with Gasteiger partial charge in [-0.05, 0) is 0 Å². The number of hydrogen-bond donors (Lipinski definition) is 8. The molecular formula is C11H16N6O4. The van der Waals surface area contributed by atoms with E-state index >= 15 is 0 Å². The second-order valence-corrected chi connectivity index (χ2v) is 5.11. The van der Waals surface area contributed by atoms with Crippen LogP contribution >= 0.6 is 0 Å². The van der Waals surface area contributed by atoms with E-state index in [9.17, 15) is 20.1 Å². The minimum atomic E-state index is -1.57. The molecule has 0 aromatic carbocycles. The van der Waals surface area contributed by atoms with Crippen molar-refractivity contribution in [1.29, 1.82) is 0 Å². The number of hydrogen-bond acceptors (Lipinski definition) is 8. The number of nitrogens with one attached hydrogen (secondary N) is 3. The van der Waals surface area contributed by atoms with Crippen LogP contribution in [0.1, 0.15) is 5.56 Å². The zero-order chi connectivity index (χ0) is 15.4. The van der Waals surface area contributed by atoms with Crippen LogP contribution in [0.3, 0.4) is 0 Å². The molecule has 0 saturated carbocycles. The van der Waals surface area contributed by atoms with E-state index in [1.54, 1.807) is 0 Å². The Morgan fingerprint density at radius 2 is 2.14 bits per heavy atom. The lowest BCUT2D eigenvalue weighted by molar-refractivity contribution is -0.000626. The van der Waals surface area contributed by atoms with Crippen LogP contribution in [0, 0.1) is 0 Å². The van der Waals surface area contributed by atoms with Gasteiger partial charge in [-0.2, -0.15) is 0 Å². The molecule has 1 saturated heterocycles. The molecule has 10 N–H and O–H groups in total. The Kier molecular flexibility index (Phi) is 3.00. The molecule has 1 fully saturated rings. The fourth-order valence-electron chi connectivity index (χ4n) is 2.71. The van der Waals surface area contributed by atoms with Gasteiger partial charge in [0, 0.05) is 11.8 Å². The molecule has 0 unspecified atom stereocenters. The summed E-state index contributed by atoms with van der Waals surface area (Å²) < 4.78 is 0. The van der Waals surface area contributed by atoms with Crippen LogP contribution in [0.25, 0.3) is 11.0 Å². The first-order valence-corrected chi connectivity index (χ1v) is 6.29. The highest BCUT2D eigenvalue weighted by Gasteiger charge is 2.52. The lowest BCUT2D eigenvalue weighted by atomic mass is 9.96. The summed E-state index contributed by atoms with van der Waals surface area (Å²) in [7, 11) is 0. The van der Waals surface area contributed by atoms with Gasteiger partial charge in [-0.25, -0.2) is 4.98 Å². The van der Waals surface area contributed by atoms with Crippen LogP contribution in [-0.4, -0.2) is 55.1 Å². The summed E-state index contributed by atoms with van der Waals surface area (Å²) in [6.45, 7) is -0.407. The minimum absolute atomic E-state index is 0.0938. The Morgan fingerprint density at radius 1 is 1.43 bits per heavy atom. The van der Waals surface area contributed by atoms with E-state index in [0.717, 1.165) is 0 Å². The van der Waals surface area contributed by atoms with E-state index in [1.807, 2.05) is 0 Å². The predicted molar refractivity (Wildman–Crippen MR) is 73.0 cm³/mol. The Morgan fingerprint density at radius 3 is 2.76 bits per heavy atom. The molecule has 1 aliphatic rings. The normalized spacial score (nSPS) is 32.9. The monoisotopic (exact) mass is 296 g/mol. The van der Waals surface area contributed by atoms with Gasteiger partial charge in [-0.3, -0.25) is 15.1 Å². The number of aliphatic hydroxyl groups excluding tert-OH is 3. The maximum atomic E-state index is 11.8. The van der Waals surface area contributed by atoms with Crippen LogP contribution in [0.5, 0.6) is 0 Å². The fourth-order valence-corrected chi connectivity index (χ4v) is 2.71. The van der Waals surface area contributed by atoms with Crippen molar-refractivity contribution in [2.24, 2.45) is 5.73 Å². The van der Waals surface area contributed by atoms with E-state index in [1.165, 1.54) is 6.20 Å². The third-order valence-corrected chi connectivity index (χ3v) is 3.82. The van der Waals surface area contributed by atoms with Crippen molar-refractivity contribution in [3.8, 4) is 0 Å². The van der Waals surface area contributed by atoms with Crippen LogP contribution in [0.15, 0.2) is 11.0 Å². The smallest absolute Gasteiger partial charge is 0.276 e. The van der Waals surface area contributed by atoms with Crippen LogP contribution in [0.4, 0.5) is 5.95 Å². The van der Waals surface area contributed by atoms with Crippen molar-refractivity contribution in [2.45, 2.75) is 23.9 Å². The van der Waals surface area contributed by atoms with E-state index < -0.39 is 36.1 Å². The molecule has 3 rings (SSSR count). The van der Waals surface area contributed by atoms with Gasteiger partial charge in [0.05, 0.1) is 12.6 Å². The van der Waals surface area contributed by atoms with Crippen LogP contribution < -0.4 is 22.3 Å². The quantitative estimate of drug-likeness (QED) is 0.282. The van der Waals surface area contributed by atoms with Crippen molar-refractivity contribution in [3.05, 3.63) is 22.1 Å². The van der Waals surface area contributed by atoms with Gasteiger partial charge >= 0.3 is 0 Å². The zero-order valence-electron chi connectivity index (χ0n) is 10.9. The zero-order valence-corrected chi connectivity index (χ0v) is 10.9. The van der Waals surface area contributed by atoms with Gasteiger partial charge in [0.1, 0.15) is 28.9 Å². The summed E-state index contributed by atoms with van der Waals surface area (Å²) in [5.74, 6) is -0.0938. The lowest BCUT2D eigenvalue weighted by Crippen LogP contribution is -2.54. The maximum absolute atomic E-state index is 11.8. The summed E-state index contributed by atoms with van der Waals surface area (Å²) >= 11 is 0. The molecule has 3 heterocycles. The van der Waals surface area contributed by atoms with Crippen LogP contribution in [-0.2, 0) is 5.66 Å². The number of aromatic nitrogens is 3. The molecule has 2 aromatic heterocycles. The molecule has 10 nitrogen and oxygen atoms in total. The van der Waals surface area contributed by atoms with Gasteiger partial charge in [0.25, 0.3) is 5.56 Å². The molecule has 0 amide bonds. The molecule has 21 heavy (non-hydrogen) atoms. The summed E-state index contributed by atoms with van der Waals surface area (Å²) in [5, 5.41) is 32.0. The first-order chi connectivity index (χ1) is 9.88. The van der Waals surface area contributed by atoms with Crippen molar-refractivity contribution >= 4 is 17.0 Å². The molecule has 4 atom stereocenters. The predicted octanol–water partition coefficient (Wildman–Crippen LogP) is -3.37. The third-order valence-electron chi connectivity index (χ3n) is 3.82. The number of H-pyrrole nitrogens is 2. The lowest BCUT2D eigenvalue weighted by Gasteiger charge is -2.28. The largest absolute Gasteiger partial charge is 0.395 e. The topological polar surface area (TPSA) is 186 Å². The molecule has 2 aromatic rings. The van der Waals surface area contributed by atoms with Crippen molar-refractivity contribution in [3.63, 3.8) is 0 Å². The number of fused-ring (bicyclic) bond motifs is 1. The average molecular weight is 296 g/mol. The number of anilines is 1. The van der Waals surface area contributed by atoms with E-state index in [4.69, 9.17) is 11.5 Å². The van der Waals surface area contributed by atoms with Gasteiger partial charge < -0.3 is 31.8 Å². The van der Waals surface area contributed by atoms with Crippen LogP contribution in [0.2, 0.25) is 0 Å². The summed E-state index contributed by atoms with van der Waals surface area (Å²) in [4.78, 5) is 20.8.